The van der Waals surface area contributed by atoms with Crippen LogP contribution in [0.15, 0.2) is 63.5 Å². The van der Waals surface area contributed by atoms with E-state index in [1.807, 2.05) is 29.6 Å². The van der Waals surface area contributed by atoms with E-state index in [-0.39, 0.29) is 28.7 Å². The van der Waals surface area contributed by atoms with Gasteiger partial charge in [0.2, 0.25) is 0 Å². The summed E-state index contributed by atoms with van der Waals surface area (Å²) in [4.78, 5) is 43.1. The molecule has 8 heteroatoms. The zero-order chi connectivity index (χ0) is 23.0. The van der Waals surface area contributed by atoms with Gasteiger partial charge in [-0.3, -0.25) is 18.7 Å². The van der Waals surface area contributed by atoms with Crippen LogP contribution in [0.5, 0.6) is 0 Å². The van der Waals surface area contributed by atoms with Crippen molar-refractivity contribution in [3.8, 4) is 0 Å². The van der Waals surface area contributed by atoms with E-state index in [4.69, 9.17) is 0 Å². The number of carbonyl (C=O) groups excluding carboxylic acids is 1. The van der Waals surface area contributed by atoms with Crippen LogP contribution in [0.4, 0.5) is 0 Å². The smallest absolute Gasteiger partial charge is 0.332 e. The molecule has 0 saturated heterocycles. The molecule has 0 radical (unpaired) electrons. The molecule has 3 heterocycles. The minimum Gasteiger partial charge on any atom is -0.339 e. The monoisotopic (exact) mass is 448 g/mol. The lowest BCUT2D eigenvalue weighted by Gasteiger charge is -2.19. The van der Waals surface area contributed by atoms with E-state index in [9.17, 15) is 14.4 Å². The summed E-state index contributed by atoms with van der Waals surface area (Å²) in [6.45, 7) is 4.28. The molecule has 0 aliphatic heterocycles. The molecule has 4 rings (SSSR count). The number of hydrogen-bond acceptors (Lipinski definition) is 5. The van der Waals surface area contributed by atoms with E-state index in [1.165, 1.54) is 36.4 Å². The summed E-state index contributed by atoms with van der Waals surface area (Å²) in [5.41, 5.74) is 1.58. The third-order valence-corrected chi connectivity index (χ3v) is 6.51. The Bertz CT molecular complexity index is 1400. The molecule has 0 bridgehead atoms. The van der Waals surface area contributed by atoms with Crippen molar-refractivity contribution in [3.63, 3.8) is 0 Å². The van der Waals surface area contributed by atoms with Gasteiger partial charge in [-0.05, 0) is 40.6 Å². The third kappa shape index (κ3) is 3.89. The highest BCUT2D eigenvalue weighted by Crippen LogP contribution is 2.28. The molecule has 1 atom stereocenters. The number of pyridine rings is 1. The van der Waals surface area contributed by atoms with Crippen LogP contribution in [0.3, 0.4) is 0 Å². The van der Waals surface area contributed by atoms with Gasteiger partial charge < -0.3 is 5.32 Å². The van der Waals surface area contributed by atoms with Gasteiger partial charge in [-0.2, -0.15) is 0 Å². The number of aryl methyl sites for hydroxylation is 1. The molecule has 1 N–H and O–H groups in total. The van der Waals surface area contributed by atoms with Gasteiger partial charge in [0.25, 0.3) is 11.5 Å². The van der Waals surface area contributed by atoms with E-state index in [0.29, 0.717) is 5.92 Å². The van der Waals surface area contributed by atoms with Crippen molar-refractivity contribution in [1.82, 2.24) is 19.4 Å². The number of hydrogen-bond donors (Lipinski definition) is 1. The molecule has 0 spiro atoms. The van der Waals surface area contributed by atoms with Crippen LogP contribution in [0, 0.1) is 0 Å². The van der Waals surface area contributed by atoms with Gasteiger partial charge >= 0.3 is 5.69 Å². The SMILES string of the molecule is CC(C)c1ccc(C(NC(=O)c2ccc3c(=O)n(C)c(=O)n(C)c3n2)c2cccs2)cc1. The zero-order valence-corrected chi connectivity index (χ0v) is 19.1. The number of fused-ring (bicyclic) bond motifs is 1. The van der Waals surface area contributed by atoms with E-state index < -0.39 is 11.2 Å². The van der Waals surface area contributed by atoms with E-state index in [1.54, 1.807) is 11.3 Å². The van der Waals surface area contributed by atoms with Gasteiger partial charge in [0.1, 0.15) is 11.3 Å². The maximum absolute atomic E-state index is 13.2. The highest BCUT2D eigenvalue weighted by molar-refractivity contribution is 7.10. The average molecular weight is 449 g/mol. The Morgan fingerprint density at radius 3 is 2.28 bits per heavy atom. The largest absolute Gasteiger partial charge is 0.339 e. The molecule has 1 unspecified atom stereocenters. The number of thiophene rings is 1. The van der Waals surface area contributed by atoms with Crippen LogP contribution in [-0.2, 0) is 14.1 Å². The summed E-state index contributed by atoms with van der Waals surface area (Å²) in [5.74, 6) is 0.0336. The van der Waals surface area contributed by atoms with Crippen LogP contribution < -0.4 is 16.6 Å². The molecule has 32 heavy (non-hydrogen) atoms. The maximum Gasteiger partial charge on any atom is 0.332 e. The van der Waals surface area contributed by atoms with Gasteiger partial charge in [0.15, 0.2) is 0 Å². The Balaban J connectivity index is 1.72. The number of benzene rings is 1. The minimum absolute atomic E-state index is 0.140. The zero-order valence-electron chi connectivity index (χ0n) is 18.3. The van der Waals surface area contributed by atoms with Gasteiger partial charge in [-0.15, -0.1) is 11.3 Å². The van der Waals surface area contributed by atoms with Crippen molar-refractivity contribution in [1.29, 1.82) is 0 Å². The van der Waals surface area contributed by atoms with E-state index in [0.717, 1.165) is 15.0 Å². The van der Waals surface area contributed by atoms with Crippen molar-refractivity contribution < 1.29 is 4.79 Å². The topological polar surface area (TPSA) is 86.0 Å². The Labute approximate surface area is 189 Å². The quantitative estimate of drug-likeness (QED) is 0.507. The second-order valence-electron chi connectivity index (χ2n) is 8.02. The molecule has 4 aromatic rings. The Morgan fingerprint density at radius 1 is 0.969 bits per heavy atom. The Morgan fingerprint density at radius 2 is 1.66 bits per heavy atom. The first-order valence-electron chi connectivity index (χ1n) is 10.3. The fraction of sp³-hybridized carbons (Fsp3) is 0.250. The standard InChI is InChI=1S/C24H24N4O3S/c1-14(2)15-7-9-16(10-8-15)20(19-6-5-13-32-19)26-22(29)18-12-11-17-21(25-18)27(3)24(31)28(4)23(17)30/h5-14,20H,1-4H3,(H,26,29). The molecule has 3 aromatic heterocycles. The van der Waals surface area contributed by atoms with Crippen molar-refractivity contribution in [2.24, 2.45) is 14.1 Å². The third-order valence-electron chi connectivity index (χ3n) is 5.57. The molecule has 0 saturated carbocycles. The molecule has 0 fully saturated rings. The van der Waals surface area contributed by atoms with Gasteiger partial charge in [-0.25, -0.2) is 9.78 Å². The lowest BCUT2D eigenvalue weighted by Crippen LogP contribution is -2.37. The predicted octanol–water partition coefficient (Wildman–Crippen LogP) is 3.34. The Hall–Kier alpha value is -3.52. The van der Waals surface area contributed by atoms with Crippen LogP contribution in [0.25, 0.3) is 11.0 Å². The van der Waals surface area contributed by atoms with Crippen molar-refractivity contribution in [2.75, 3.05) is 0 Å². The maximum atomic E-state index is 13.2. The van der Waals surface area contributed by atoms with Crippen LogP contribution in [0.1, 0.15) is 52.3 Å². The lowest BCUT2D eigenvalue weighted by atomic mass is 9.98. The molecule has 1 aromatic carbocycles. The number of nitrogens with one attached hydrogen (secondary N) is 1. The first-order valence-corrected chi connectivity index (χ1v) is 11.2. The van der Waals surface area contributed by atoms with E-state index in [2.05, 4.69) is 36.3 Å². The highest BCUT2D eigenvalue weighted by Gasteiger charge is 2.21. The Kier molecular flexibility index (Phi) is 5.80. The molecular weight excluding hydrogens is 424 g/mol. The molecule has 0 aliphatic carbocycles. The summed E-state index contributed by atoms with van der Waals surface area (Å²) in [7, 11) is 2.95. The van der Waals surface area contributed by atoms with Crippen molar-refractivity contribution in [3.05, 3.63) is 96.4 Å². The summed E-state index contributed by atoms with van der Waals surface area (Å²) in [5, 5.41) is 5.32. The van der Waals surface area contributed by atoms with Crippen LogP contribution in [0.2, 0.25) is 0 Å². The van der Waals surface area contributed by atoms with Crippen molar-refractivity contribution in [2.45, 2.75) is 25.8 Å². The number of aromatic nitrogens is 3. The number of amides is 1. The van der Waals surface area contributed by atoms with Gasteiger partial charge in [0, 0.05) is 19.0 Å². The fourth-order valence-corrected chi connectivity index (χ4v) is 4.44. The van der Waals surface area contributed by atoms with Gasteiger partial charge in [-0.1, -0.05) is 44.2 Å². The van der Waals surface area contributed by atoms with Gasteiger partial charge in [0.05, 0.1) is 11.4 Å². The normalized spacial score (nSPS) is 12.3. The molecular formula is C24H24N4O3S. The summed E-state index contributed by atoms with van der Waals surface area (Å²) in [6.07, 6.45) is 0. The minimum atomic E-state index is -0.491. The molecule has 1 amide bonds. The summed E-state index contributed by atoms with van der Waals surface area (Å²) in [6, 6.07) is 14.8. The summed E-state index contributed by atoms with van der Waals surface area (Å²) >= 11 is 1.56. The predicted molar refractivity (Wildman–Crippen MR) is 126 cm³/mol. The highest BCUT2D eigenvalue weighted by atomic mass is 32.1. The number of carbonyl (C=O) groups is 1. The molecule has 7 nitrogen and oxygen atoms in total. The fourth-order valence-electron chi connectivity index (χ4n) is 3.63. The molecule has 0 aliphatic rings. The second-order valence-corrected chi connectivity index (χ2v) is 9.00. The van der Waals surface area contributed by atoms with Crippen molar-refractivity contribution >= 4 is 28.3 Å². The number of rotatable bonds is 5. The average Bonchev–Trinajstić information content (AvgIpc) is 3.34. The first-order chi connectivity index (χ1) is 15.3. The van der Waals surface area contributed by atoms with Crippen LogP contribution in [-0.4, -0.2) is 20.0 Å². The second kappa shape index (κ2) is 8.55. The molecule has 164 valence electrons. The van der Waals surface area contributed by atoms with Crippen LogP contribution >= 0.6 is 11.3 Å². The van der Waals surface area contributed by atoms with E-state index >= 15 is 0 Å². The summed E-state index contributed by atoms with van der Waals surface area (Å²) < 4.78 is 2.30. The first kappa shape index (κ1) is 21.7. The number of nitrogens with zero attached hydrogens (tertiary/aromatic N) is 3. The lowest BCUT2D eigenvalue weighted by molar-refractivity contribution is 0.0938.